The molecule has 0 spiro atoms. The van der Waals surface area contributed by atoms with E-state index in [0.29, 0.717) is 0 Å². The fraction of sp³-hybridized carbons (Fsp3) is 0.455. The highest BCUT2D eigenvalue weighted by atomic mass is 19.1. The van der Waals surface area contributed by atoms with Crippen molar-refractivity contribution in [1.82, 2.24) is 5.32 Å². The fourth-order valence-electron chi connectivity index (χ4n) is 1.52. The van der Waals surface area contributed by atoms with Crippen LogP contribution in [0.1, 0.15) is 17.2 Å². The Morgan fingerprint density at radius 1 is 1.50 bits per heavy atom. The van der Waals surface area contributed by atoms with Crippen molar-refractivity contribution < 1.29 is 18.6 Å². The number of benzene rings is 1. The minimum atomic E-state index is -0.930. The Hall–Kier alpha value is -1.20. The molecule has 0 saturated heterocycles. The van der Waals surface area contributed by atoms with E-state index in [0.717, 1.165) is 6.07 Å². The van der Waals surface area contributed by atoms with E-state index in [9.17, 15) is 13.9 Å². The summed E-state index contributed by atoms with van der Waals surface area (Å²) >= 11 is 0. The third-order valence-corrected chi connectivity index (χ3v) is 2.25. The average molecular weight is 231 g/mol. The molecular weight excluding hydrogens is 216 g/mol. The smallest absolute Gasteiger partial charge is 0.165 e. The summed E-state index contributed by atoms with van der Waals surface area (Å²) in [6.45, 7) is -0.536. The van der Waals surface area contributed by atoms with Crippen molar-refractivity contribution in [1.29, 1.82) is 0 Å². The first kappa shape index (κ1) is 12.9. The number of halogens is 2. The van der Waals surface area contributed by atoms with Crippen molar-refractivity contribution in [3.63, 3.8) is 0 Å². The average Bonchev–Trinajstić information content (AvgIpc) is 2.28. The van der Waals surface area contributed by atoms with E-state index in [-0.39, 0.29) is 23.4 Å². The van der Waals surface area contributed by atoms with E-state index < -0.39 is 18.6 Å². The summed E-state index contributed by atoms with van der Waals surface area (Å²) < 4.78 is 30.8. The van der Waals surface area contributed by atoms with Crippen LogP contribution in [0.25, 0.3) is 0 Å². The number of hydrogen-bond acceptors (Lipinski definition) is 3. The molecule has 1 atom stereocenters. The number of methoxy groups -OCH3 is 1. The topological polar surface area (TPSA) is 41.5 Å². The summed E-state index contributed by atoms with van der Waals surface area (Å²) in [5.41, 5.74) is 0.438. The molecule has 1 rings (SSSR count). The number of nitrogens with one attached hydrogen (secondary N) is 1. The Morgan fingerprint density at radius 3 is 2.69 bits per heavy atom. The molecule has 0 aliphatic rings. The van der Waals surface area contributed by atoms with Crippen molar-refractivity contribution in [3.8, 4) is 5.75 Å². The van der Waals surface area contributed by atoms with Crippen LogP contribution in [0.15, 0.2) is 12.1 Å². The molecule has 16 heavy (non-hydrogen) atoms. The SMILES string of the molecule is CNCC(O)c1cc(CF)cc(F)c1OC. The zero-order chi connectivity index (χ0) is 12.1. The second kappa shape index (κ2) is 5.77. The Bertz CT molecular complexity index is 358. The standard InChI is InChI=1S/C11H15F2NO2/c1-14-6-10(15)8-3-7(5-12)4-9(13)11(8)16-2/h3-4,10,14-15H,5-6H2,1-2H3. The van der Waals surface area contributed by atoms with Crippen LogP contribution in [-0.2, 0) is 6.67 Å². The van der Waals surface area contributed by atoms with Gasteiger partial charge in [-0.05, 0) is 24.7 Å². The lowest BCUT2D eigenvalue weighted by atomic mass is 10.0. The van der Waals surface area contributed by atoms with Crippen LogP contribution >= 0.6 is 0 Å². The molecule has 0 radical (unpaired) electrons. The molecule has 3 nitrogen and oxygen atoms in total. The third-order valence-electron chi connectivity index (χ3n) is 2.25. The molecule has 0 aliphatic heterocycles. The number of ether oxygens (including phenoxy) is 1. The largest absolute Gasteiger partial charge is 0.493 e. The van der Waals surface area contributed by atoms with Crippen molar-refractivity contribution in [2.75, 3.05) is 20.7 Å². The van der Waals surface area contributed by atoms with Gasteiger partial charge in [-0.2, -0.15) is 0 Å². The van der Waals surface area contributed by atoms with Gasteiger partial charge in [-0.1, -0.05) is 0 Å². The summed E-state index contributed by atoms with van der Waals surface area (Å²) in [7, 11) is 2.97. The Morgan fingerprint density at radius 2 is 2.19 bits per heavy atom. The quantitative estimate of drug-likeness (QED) is 0.808. The molecule has 0 fully saturated rings. The number of aliphatic hydroxyl groups is 1. The van der Waals surface area contributed by atoms with Crippen LogP contribution in [0.3, 0.4) is 0 Å². The predicted octanol–water partition coefficient (Wildman–Crippen LogP) is 1.56. The number of aliphatic hydroxyl groups excluding tert-OH is 1. The fourth-order valence-corrected chi connectivity index (χ4v) is 1.52. The maximum absolute atomic E-state index is 13.5. The van der Waals surface area contributed by atoms with Crippen LogP contribution < -0.4 is 10.1 Å². The van der Waals surface area contributed by atoms with E-state index in [4.69, 9.17) is 4.74 Å². The molecule has 5 heteroatoms. The van der Waals surface area contributed by atoms with Gasteiger partial charge in [0.05, 0.1) is 13.2 Å². The van der Waals surface area contributed by atoms with Crippen molar-refractivity contribution in [2.45, 2.75) is 12.8 Å². The molecule has 0 saturated carbocycles. The maximum atomic E-state index is 13.5. The highest BCUT2D eigenvalue weighted by Crippen LogP contribution is 2.29. The van der Waals surface area contributed by atoms with Crippen LogP contribution in [0.2, 0.25) is 0 Å². The van der Waals surface area contributed by atoms with E-state index in [1.807, 2.05) is 0 Å². The maximum Gasteiger partial charge on any atom is 0.165 e. The Balaban J connectivity index is 3.16. The molecule has 1 unspecified atom stereocenters. The monoisotopic (exact) mass is 231 g/mol. The molecule has 0 aromatic heterocycles. The van der Waals surface area contributed by atoms with Crippen molar-refractivity contribution in [3.05, 3.63) is 29.1 Å². The molecule has 90 valence electrons. The Labute approximate surface area is 93.0 Å². The van der Waals surface area contributed by atoms with Gasteiger partial charge in [0, 0.05) is 12.1 Å². The highest BCUT2D eigenvalue weighted by Gasteiger charge is 2.17. The highest BCUT2D eigenvalue weighted by molar-refractivity contribution is 5.40. The molecule has 1 aromatic carbocycles. The number of rotatable bonds is 5. The lowest BCUT2D eigenvalue weighted by Gasteiger charge is -2.16. The summed E-state index contributed by atoms with van der Waals surface area (Å²) in [5.74, 6) is -0.706. The summed E-state index contributed by atoms with van der Waals surface area (Å²) in [5, 5.41) is 12.5. The van der Waals surface area contributed by atoms with Gasteiger partial charge in [0.15, 0.2) is 11.6 Å². The van der Waals surface area contributed by atoms with Gasteiger partial charge in [0.2, 0.25) is 0 Å². The van der Waals surface area contributed by atoms with Crippen molar-refractivity contribution in [2.24, 2.45) is 0 Å². The van der Waals surface area contributed by atoms with E-state index >= 15 is 0 Å². The summed E-state index contributed by atoms with van der Waals surface area (Å²) in [6.07, 6.45) is -0.930. The zero-order valence-corrected chi connectivity index (χ0v) is 9.26. The first-order valence-corrected chi connectivity index (χ1v) is 4.89. The number of alkyl halides is 1. The van der Waals surface area contributed by atoms with Crippen LogP contribution in [-0.4, -0.2) is 25.8 Å². The number of likely N-dealkylation sites (N-methyl/N-ethyl adjacent to an activating group) is 1. The predicted molar refractivity (Wildman–Crippen MR) is 56.7 cm³/mol. The lowest BCUT2D eigenvalue weighted by Crippen LogP contribution is -2.17. The van der Waals surface area contributed by atoms with Crippen LogP contribution in [0, 0.1) is 5.82 Å². The normalized spacial score (nSPS) is 12.6. The molecule has 0 amide bonds. The van der Waals surface area contributed by atoms with Gasteiger partial charge >= 0.3 is 0 Å². The summed E-state index contributed by atoms with van der Waals surface area (Å²) in [6, 6.07) is 2.47. The lowest BCUT2D eigenvalue weighted by molar-refractivity contribution is 0.172. The van der Waals surface area contributed by atoms with Crippen molar-refractivity contribution >= 4 is 0 Å². The van der Waals surface area contributed by atoms with E-state index in [2.05, 4.69) is 5.32 Å². The van der Waals surface area contributed by atoms with Gasteiger partial charge in [0.1, 0.15) is 6.67 Å². The second-order valence-corrected chi connectivity index (χ2v) is 3.41. The van der Waals surface area contributed by atoms with Crippen LogP contribution in [0.4, 0.5) is 8.78 Å². The summed E-state index contributed by atoms with van der Waals surface area (Å²) in [4.78, 5) is 0. The van der Waals surface area contributed by atoms with Gasteiger partial charge in [-0.3, -0.25) is 0 Å². The van der Waals surface area contributed by atoms with Gasteiger partial charge in [0.25, 0.3) is 0 Å². The first-order chi connectivity index (χ1) is 7.63. The van der Waals surface area contributed by atoms with Gasteiger partial charge in [-0.15, -0.1) is 0 Å². The zero-order valence-electron chi connectivity index (χ0n) is 9.26. The second-order valence-electron chi connectivity index (χ2n) is 3.41. The van der Waals surface area contributed by atoms with Crippen LogP contribution in [0.5, 0.6) is 5.75 Å². The van der Waals surface area contributed by atoms with E-state index in [1.54, 1.807) is 7.05 Å². The minimum Gasteiger partial charge on any atom is -0.493 e. The van der Waals surface area contributed by atoms with Gasteiger partial charge in [-0.25, -0.2) is 8.78 Å². The molecular formula is C11H15F2NO2. The molecule has 0 aliphatic carbocycles. The minimum absolute atomic E-state index is 0.0417. The molecule has 2 N–H and O–H groups in total. The number of hydrogen-bond donors (Lipinski definition) is 2. The molecule has 0 bridgehead atoms. The third kappa shape index (κ3) is 2.68. The van der Waals surface area contributed by atoms with Gasteiger partial charge < -0.3 is 15.2 Å². The first-order valence-electron chi connectivity index (χ1n) is 4.89. The Kier molecular flexibility index (Phi) is 4.64. The van der Waals surface area contributed by atoms with E-state index in [1.165, 1.54) is 13.2 Å². The molecule has 1 aromatic rings. The molecule has 0 heterocycles.